The number of rotatable bonds is 11. The molecule has 0 radical (unpaired) electrons. The van der Waals surface area contributed by atoms with Gasteiger partial charge in [0.05, 0.1) is 6.61 Å². The Bertz CT molecular complexity index is 1130. The first-order valence-electron chi connectivity index (χ1n) is 12.6. The van der Waals surface area contributed by atoms with Gasteiger partial charge < -0.3 is 35.2 Å². The molecule has 5 N–H and O–H groups in total. The minimum absolute atomic E-state index is 0.360. The Balaban J connectivity index is 1.19. The molecule has 2 aliphatic rings. The van der Waals surface area contributed by atoms with Crippen LogP contribution >= 0.6 is 0 Å². The Kier molecular flexibility index (Phi) is 9.39. The zero-order valence-corrected chi connectivity index (χ0v) is 20.9. The van der Waals surface area contributed by atoms with E-state index in [4.69, 9.17) is 9.47 Å². The fourth-order valence-electron chi connectivity index (χ4n) is 4.74. The average Bonchev–Trinajstić information content (AvgIpc) is 3.23. The Morgan fingerprint density at radius 2 is 1.84 bits per heavy atom. The molecule has 0 bridgehead atoms. The molecule has 0 unspecified atom stereocenters. The second-order valence-corrected chi connectivity index (χ2v) is 9.57. The first-order valence-corrected chi connectivity index (χ1v) is 12.6. The van der Waals surface area contributed by atoms with Crippen LogP contribution in [0.3, 0.4) is 0 Å². The summed E-state index contributed by atoms with van der Waals surface area (Å²) < 4.78 is 10.5. The van der Waals surface area contributed by atoms with Crippen molar-refractivity contribution >= 4 is 17.4 Å². The maximum absolute atomic E-state index is 12.2. The summed E-state index contributed by atoms with van der Waals surface area (Å²) in [6, 6.07) is 16.5. The van der Waals surface area contributed by atoms with E-state index in [1.807, 2.05) is 24.3 Å². The molecular weight excluding hydrogens is 474 g/mol. The molecular formula is C29H35NO7. The second-order valence-electron chi connectivity index (χ2n) is 9.57. The molecule has 1 aliphatic carbocycles. The highest BCUT2D eigenvalue weighted by Gasteiger charge is 2.44. The lowest BCUT2D eigenvalue weighted by atomic mass is 9.99. The predicted molar refractivity (Wildman–Crippen MR) is 139 cm³/mol. The molecule has 1 fully saturated rings. The Labute approximate surface area is 216 Å². The molecule has 2 aromatic carbocycles. The Morgan fingerprint density at radius 1 is 1.08 bits per heavy atom. The number of aliphatic hydroxyl groups excluding tert-OH is 4. The van der Waals surface area contributed by atoms with Crippen molar-refractivity contribution in [2.24, 2.45) is 0 Å². The monoisotopic (exact) mass is 509 g/mol. The third-order valence-corrected chi connectivity index (χ3v) is 6.87. The van der Waals surface area contributed by atoms with Crippen LogP contribution < -0.4 is 5.32 Å². The van der Waals surface area contributed by atoms with E-state index in [0.717, 1.165) is 37.1 Å². The molecule has 4 rings (SSSR count). The molecule has 37 heavy (non-hydrogen) atoms. The highest BCUT2D eigenvalue weighted by Crippen LogP contribution is 2.34. The molecule has 0 amide bonds. The number of hydrogen-bond donors (Lipinski definition) is 5. The maximum atomic E-state index is 12.2. The van der Waals surface area contributed by atoms with Gasteiger partial charge in [0.2, 0.25) is 0 Å². The zero-order chi connectivity index (χ0) is 26.4. The van der Waals surface area contributed by atoms with Crippen LogP contribution in [0.5, 0.6) is 0 Å². The number of carbonyl (C=O) groups is 1. The van der Waals surface area contributed by atoms with Gasteiger partial charge in [-0.15, -0.1) is 0 Å². The van der Waals surface area contributed by atoms with Gasteiger partial charge in [-0.05, 0) is 60.2 Å². The Morgan fingerprint density at radius 3 is 2.59 bits per heavy atom. The van der Waals surface area contributed by atoms with Crippen molar-refractivity contribution in [2.75, 3.05) is 19.8 Å². The number of carbonyl (C=O) groups excluding carboxylic acids is 1. The Hall–Kier alpha value is -2.69. The summed E-state index contributed by atoms with van der Waals surface area (Å²) in [5.41, 5.74) is 7.69. The first-order chi connectivity index (χ1) is 17.9. The molecule has 1 saturated heterocycles. The van der Waals surface area contributed by atoms with Crippen LogP contribution in [0, 0.1) is 0 Å². The summed E-state index contributed by atoms with van der Waals surface area (Å²) >= 11 is 0. The fourth-order valence-corrected chi connectivity index (χ4v) is 4.74. The summed E-state index contributed by atoms with van der Waals surface area (Å²) in [5.74, 6) is -0.360. The van der Waals surface area contributed by atoms with Gasteiger partial charge in [0, 0.05) is 6.54 Å². The van der Waals surface area contributed by atoms with Crippen LogP contribution in [-0.4, -0.2) is 76.7 Å². The number of aliphatic hydroxyl groups is 4. The van der Waals surface area contributed by atoms with E-state index in [9.17, 15) is 25.2 Å². The number of hydrogen-bond acceptors (Lipinski definition) is 8. The van der Waals surface area contributed by atoms with Crippen LogP contribution in [0.25, 0.3) is 11.6 Å². The van der Waals surface area contributed by atoms with Crippen molar-refractivity contribution in [2.45, 2.75) is 57.0 Å². The average molecular weight is 510 g/mol. The van der Waals surface area contributed by atoms with E-state index in [-0.39, 0.29) is 12.4 Å². The normalized spacial score (nSPS) is 25.6. The minimum Gasteiger partial charge on any atom is -0.394 e. The minimum atomic E-state index is -1.55. The lowest BCUT2D eigenvalue weighted by Gasteiger charge is -2.39. The van der Waals surface area contributed by atoms with E-state index in [0.29, 0.717) is 0 Å². The van der Waals surface area contributed by atoms with Crippen LogP contribution in [0.15, 0.2) is 60.2 Å². The van der Waals surface area contributed by atoms with E-state index in [1.165, 1.54) is 28.3 Å². The zero-order valence-electron chi connectivity index (χ0n) is 20.9. The molecule has 198 valence electrons. The molecule has 1 heterocycles. The summed E-state index contributed by atoms with van der Waals surface area (Å²) in [7, 11) is 0. The number of ether oxygens (including phenoxy) is 2. The molecule has 5 atom stereocenters. The standard InChI is InChI=1S/C29H35NO7/c1-18-14-21-4-2-3-5-24(21)23(18)12-13-30-15-20-8-6-19(7-9-20)10-11-22(32)17-36-29-28(35)27(34)26(33)25(16-31)37-29/h2-11,25-31,33-35H,12-17H2,1H3/b11-10+/t25-,26+,27+,28-,29-/m1/s1. The summed E-state index contributed by atoms with van der Waals surface area (Å²) in [6.07, 6.45) is -1.89. The fraction of sp³-hybridized carbons (Fsp3) is 0.414. The number of nitrogens with one attached hydrogen (secondary N) is 1. The second kappa shape index (κ2) is 12.7. The van der Waals surface area contributed by atoms with Crippen molar-refractivity contribution in [3.63, 3.8) is 0 Å². The topological polar surface area (TPSA) is 128 Å². The van der Waals surface area contributed by atoms with Gasteiger partial charge in [0.25, 0.3) is 0 Å². The number of fused-ring (bicyclic) bond motifs is 1. The van der Waals surface area contributed by atoms with Crippen LogP contribution in [0.2, 0.25) is 0 Å². The van der Waals surface area contributed by atoms with Gasteiger partial charge in [-0.3, -0.25) is 4.79 Å². The van der Waals surface area contributed by atoms with Crippen molar-refractivity contribution in [1.82, 2.24) is 5.32 Å². The summed E-state index contributed by atoms with van der Waals surface area (Å²) in [4.78, 5) is 12.2. The largest absolute Gasteiger partial charge is 0.394 e. The highest BCUT2D eigenvalue weighted by molar-refractivity contribution is 5.94. The van der Waals surface area contributed by atoms with Crippen molar-refractivity contribution in [3.05, 3.63) is 82.4 Å². The molecule has 2 aromatic rings. The third kappa shape index (κ3) is 6.80. The molecule has 8 nitrogen and oxygen atoms in total. The SMILES string of the molecule is CC1=C(CCNCc2ccc(/C=C/C(=O)CO[C@@H]3O[C@H](CO)[C@H](O)[C@H](O)[C@H]3O)cc2)c2ccccc2C1. The van der Waals surface area contributed by atoms with Crippen LogP contribution in [-0.2, 0) is 27.2 Å². The third-order valence-electron chi connectivity index (χ3n) is 6.87. The number of allylic oxidation sites excluding steroid dienone is 1. The maximum Gasteiger partial charge on any atom is 0.187 e. The predicted octanol–water partition coefficient (Wildman–Crippen LogP) is 1.59. The smallest absolute Gasteiger partial charge is 0.187 e. The highest BCUT2D eigenvalue weighted by atomic mass is 16.7. The van der Waals surface area contributed by atoms with Gasteiger partial charge in [-0.25, -0.2) is 0 Å². The quantitative estimate of drug-likeness (QED) is 0.228. The van der Waals surface area contributed by atoms with E-state index in [2.05, 4.69) is 36.5 Å². The first kappa shape index (κ1) is 27.3. The lowest BCUT2D eigenvalue weighted by molar-refractivity contribution is -0.298. The van der Waals surface area contributed by atoms with E-state index < -0.39 is 37.3 Å². The summed E-state index contributed by atoms with van der Waals surface area (Å²) in [5, 5.41) is 42.3. The van der Waals surface area contributed by atoms with Gasteiger partial charge >= 0.3 is 0 Å². The van der Waals surface area contributed by atoms with Crippen molar-refractivity contribution in [1.29, 1.82) is 0 Å². The molecule has 0 aromatic heterocycles. The van der Waals surface area contributed by atoms with Gasteiger partial charge in [-0.1, -0.05) is 60.2 Å². The number of ketones is 1. The lowest BCUT2D eigenvalue weighted by Crippen LogP contribution is -2.59. The van der Waals surface area contributed by atoms with E-state index in [1.54, 1.807) is 6.08 Å². The van der Waals surface area contributed by atoms with E-state index >= 15 is 0 Å². The molecule has 8 heteroatoms. The van der Waals surface area contributed by atoms with Gasteiger partial charge in [-0.2, -0.15) is 0 Å². The summed E-state index contributed by atoms with van der Waals surface area (Å²) in [6.45, 7) is 2.92. The van der Waals surface area contributed by atoms with Crippen LogP contribution in [0.4, 0.5) is 0 Å². The molecule has 0 spiro atoms. The van der Waals surface area contributed by atoms with Gasteiger partial charge in [0.15, 0.2) is 12.1 Å². The van der Waals surface area contributed by atoms with Gasteiger partial charge in [0.1, 0.15) is 31.0 Å². The molecule has 0 saturated carbocycles. The van der Waals surface area contributed by atoms with Crippen molar-refractivity contribution < 1.29 is 34.7 Å². The molecule has 1 aliphatic heterocycles. The van der Waals surface area contributed by atoms with Crippen LogP contribution in [0.1, 0.15) is 35.6 Å². The number of benzene rings is 2. The van der Waals surface area contributed by atoms with Crippen molar-refractivity contribution in [3.8, 4) is 0 Å².